The first-order valence-electron chi connectivity index (χ1n) is 4.73. The van der Waals surface area contributed by atoms with E-state index in [0.717, 1.165) is 6.07 Å². The minimum Gasteiger partial charge on any atom is -0.264 e. The van der Waals surface area contributed by atoms with E-state index < -0.39 is 21.9 Å². The second-order valence-corrected chi connectivity index (χ2v) is 4.16. The van der Waals surface area contributed by atoms with Gasteiger partial charge in [0.1, 0.15) is 10.7 Å². The quantitative estimate of drug-likeness (QED) is 0.725. The third-order valence-electron chi connectivity index (χ3n) is 2.17. The summed E-state index contributed by atoms with van der Waals surface area (Å²) in [5.41, 5.74) is -0.348. The summed E-state index contributed by atoms with van der Waals surface area (Å²) in [7, 11) is 0. The fourth-order valence-corrected chi connectivity index (χ4v) is 2.05. The zero-order chi connectivity index (χ0) is 13.3. The highest BCUT2D eigenvalue weighted by Gasteiger charge is 2.37. The lowest BCUT2D eigenvalue weighted by molar-refractivity contribution is -0.137. The maximum Gasteiger partial charge on any atom is 0.420 e. The summed E-state index contributed by atoms with van der Waals surface area (Å²) in [6, 6.07) is 4.40. The summed E-state index contributed by atoms with van der Waals surface area (Å²) >= 11 is 11.1. The third-order valence-corrected chi connectivity index (χ3v) is 2.74. The van der Waals surface area contributed by atoms with Crippen LogP contribution in [-0.4, -0.2) is 9.97 Å². The van der Waals surface area contributed by atoms with Crippen LogP contribution in [0.1, 0.15) is 5.56 Å². The average Bonchev–Trinajstić information content (AvgIpc) is 2.27. The third kappa shape index (κ3) is 2.57. The number of aromatic nitrogens is 2. The van der Waals surface area contributed by atoms with Crippen molar-refractivity contribution >= 4 is 23.2 Å². The monoisotopic (exact) mass is 292 g/mol. The molecule has 0 saturated carbocycles. The van der Waals surface area contributed by atoms with Gasteiger partial charge < -0.3 is 0 Å². The van der Waals surface area contributed by atoms with Gasteiger partial charge >= 0.3 is 6.18 Å². The largest absolute Gasteiger partial charge is 0.420 e. The number of pyridine rings is 2. The molecular weight excluding hydrogens is 288 g/mol. The molecule has 0 aliphatic rings. The molecule has 0 atom stereocenters. The van der Waals surface area contributed by atoms with Crippen molar-refractivity contribution in [2.24, 2.45) is 0 Å². The van der Waals surface area contributed by atoms with Crippen molar-refractivity contribution in [1.29, 1.82) is 0 Å². The molecule has 7 heteroatoms. The predicted octanol–water partition coefficient (Wildman–Crippen LogP) is 4.47. The zero-order valence-electron chi connectivity index (χ0n) is 8.67. The summed E-state index contributed by atoms with van der Waals surface area (Å²) in [4.78, 5) is 7.53. The van der Waals surface area contributed by atoms with E-state index in [1.165, 1.54) is 12.4 Å². The Balaban J connectivity index is 2.57. The van der Waals surface area contributed by atoms with Crippen LogP contribution in [0.5, 0.6) is 0 Å². The normalized spacial score (nSPS) is 11.6. The molecule has 0 saturated heterocycles. The molecule has 0 fully saturated rings. The SMILES string of the molecule is FC(F)(F)c1c(Cl)cc(-c2cccnc2)nc1Cl. The zero-order valence-corrected chi connectivity index (χ0v) is 10.2. The Morgan fingerprint density at radius 1 is 1.17 bits per heavy atom. The summed E-state index contributed by atoms with van der Waals surface area (Å²) < 4.78 is 37.9. The van der Waals surface area contributed by atoms with Crippen molar-refractivity contribution in [3.63, 3.8) is 0 Å². The number of rotatable bonds is 1. The highest BCUT2D eigenvalue weighted by Crippen LogP contribution is 2.40. The first-order chi connectivity index (χ1) is 8.39. The van der Waals surface area contributed by atoms with Crippen molar-refractivity contribution < 1.29 is 13.2 Å². The van der Waals surface area contributed by atoms with Crippen molar-refractivity contribution in [2.45, 2.75) is 6.18 Å². The standard InChI is InChI=1S/C11H5Cl2F3N2/c12-7-4-8(6-2-1-3-17-5-6)18-10(13)9(7)11(14,15)16/h1-5H. The number of alkyl halides is 3. The van der Waals surface area contributed by atoms with Crippen LogP contribution < -0.4 is 0 Å². The molecule has 2 aromatic rings. The molecule has 18 heavy (non-hydrogen) atoms. The number of hydrogen-bond acceptors (Lipinski definition) is 2. The summed E-state index contributed by atoms with van der Waals surface area (Å²) in [5, 5.41) is -1.16. The van der Waals surface area contributed by atoms with E-state index >= 15 is 0 Å². The van der Waals surface area contributed by atoms with Crippen molar-refractivity contribution in [2.75, 3.05) is 0 Å². The Kier molecular flexibility index (Phi) is 3.45. The molecule has 2 heterocycles. The molecule has 2 rings (SSSR count). The van der Waals surface area contributed by atoms with Gasteiger partial charge in [0, 0.05) is 18.0 Å². The molecule has 0 aromatic carbocycles. The van der Waals surface area contributed by atoms with Crippen LogP contribution in [-0.2, 0) is 6.18 Å². The molecule has 0 bridgehead atoms. The van der Waals surface area contributed by atoms with Gasteiger partial charge in [-0.15, -0.1) is 0 Å². The van der Waals surface area contributed by atoms with Crippen molar-refractivity contribution in [3.05, 3.63) is 46.3 Å². The van der Waals surface area contributed by atoms with Gasteiger partial charge in [-0.2, -0.15) is 13.2 Å². The Morgan fingerprint density at radius 3 is 2.39 bits per heavy atom. The minimum absolute atomic E-state index is 0.242. The van der Waals surface area contributed by atoms with Gasteiger partial charge in [-0.05, 0) is 18.2 Å². The van der Waals surface area contributed by atoms with Gasteiger partial charge in [0.2, 0.25) is 0 Å². The molecule has 0 N–H and O–H groups in total. The van der Waals surface area contributed by atoms with Crippen molar-refractivity contribution in [1.82, 2.24) is 9.97 Å². The van der Waals surface area contributed by atoms with Crippen LogP contribution in [0.3, 0.4) is 0 Å². The number of halogens is 5. The van der Waals surface area contributed by atoms with Crippen LogP contribution in [0.15, 0.2) is 30.6 Å². The molecule has 0 unspecified atom stereocenters. The minimum atomic E-state index is -4.63. The average molecular weight is 293 g/mol. The molecule has 0 aliphatic carbocycles. The Morgan fingerprint density at radius 2 is 1.89 bits per heavy atom. The first kappa shape index (κ1) is 13.1. The molecular formula is C11H5Cl2F3N2. The van der Waals surface area contributed by atoms with Gasteiger partial charge in [0.25, 0.3) is 0 Å². The summed E-state index contributed by atoms with van der Waals surface area (Å²) in [5.74, 6) is 0. The van der Waals surface area contributed by atoms with E-state index in [0.29, 0.717) is 5.56 Å². The molecule has 0 spiro atoms. The molecule has 0 radical (unpaired) electrons. The lowest BCUT2D eigenvalue weighted by Crippen LogP contribution is -2.08. The Labute approximate surface area is 110 Å². The van der Waals surface area contributed by atoms with E-state index in [1.807, 2.05) is 0 Å². The molecule has 2 aromatic heterocycles. The van der Waals surface area contributed by atoms with Gasteiger partial charge in [0.15, 0.2) is 0 Å². The van der Waals surface area contributed by atoms with Crippen LogP contribution in [0.2, 0.25) is 10.2 Å². The van der Waals surface area contributed by atoms with Gasteiger partial charge in [-0.1, -0.05) is 23.2 Å². The fraction of sp³-hybridized carbons (Fsp3) is 0.0909. The highest BCUT2D eigenvalue weighted by atomic mass is 35.5. The second kappa shape index (κ2) is 4.74. The molecule has 94 valence electrons. The van der Waals surface area contributed by atoms with Crippen LogP contribution in [0.4, 0.5) is 13.2 Å². The second-order valence-electron chi connectivity index (χ2n) is 3.39. The molecule has 0 aliphatic heterocycles. The highest BCUT2D eigenvalue weighted by molar-refractivity contribution is 6.35. The first-order valence-corrected chi connectivity index (χ1v) is 5.49. The lowest BCUT2D eigenvalue weighted by atomic mass is 10.1. The number of nitrogens with zero attached hydrogens (tertiary/aromatic N) is 2. The predicted molar refractivity (Wildman–Crippen MR) is 62.5 cm³/mol. The lowest BCUT2D eigenvalue weighted by Gasteiger charge is -2.11. The topological polar surface area (TPSA) is 25.8 Å². The fourth-order valence-electron chi connectivity index (χ4n) is 1.40. The van der Waals surface area contributed by atoms with E-state index in [1.54, 1.807) is 12.1 Å². The van der Waals surface area contributed by atoms with E-state index in [4.69, 9.17) is 23.2 Å². The maximum atomic E-state index is 12.6. The van der Waals surface area contributed by atoms with E-state index in [2.05, 4.69) is 9.97 Å². The van der Waals surface area contributed by atoms with Gasteiger partial charge in [0.05, 0.1) is 10.7 Å². The Bertz CT molecular complexity index is 547. The van der Waals surface area contributed by atoms with Gasteiger partial charge in [-0.25, -0.2) is 4.98 Å². The molecule has 2 nitrogen and oxygen atoms in total. The van der Waals surface area contributed by atoms with E-state index in [9.17, 15) is 13.2 Å². The maximum absolute atomic E-state index is 12.6. The van der Waals surface area contributed by atoms with Crippen LogP contribution in [0.25, 0.3) is 11.3 Å². The van der Waals surface area contributed by atoms with Crippen LogP contribution >= 0.6 is 23.2 Å². The van der Waals surface area contributed by atoms with Crippen molar-refractivity contribution in [3.8, 4) is 11.3 Å². The molecule has 0 amide bonds. The van der Waals surface area contributed by atoms with Crippen LogP contribution in [0, 0.1) is 0 Å². The Hall–Kier alpha value is -1.33. The summed E-state index contributed by atoms with van der Waals surface area (Å²) in [6.45, 7) is 0. The van der Waals surface area contributed by atoms with E-state index in [-0.39, 0.29) is 5.69 Å². The summed E-state index contributed by atoms with van der Waals surface area (Å²) in [6.07, 6.45) is -1.63. The van der Waals surface area contributed by atoms with Gasteiger partial charge in [-0.3, -0.25) is 4.98 Å². The smallest absolute Gasteiger partial charge is 0.264 e. The number of hydrogen-bond donors (Lipinski definition) is 0.